The van der Waals surface area contributed by atoms with Gasteiger partial charge in [0.05, 0.1) is 0 Å². The van der Waals surface area contributed by atoms with Crippen LogP contribution < -0.4 is 5.32 Å². The zero-order chi connectivity index (χ0) is 12.5. The molecule has 1 N–H and O–H groups in total. The summed E-state index contributed by atoms with van der Waals surface area (Å²) >= 11 is 5.52. The predicted molar refractivity (Wildman–Crippen MR) is 80.3 cm³/mol. The van der Waals surface area contributed by atoms with E-state index >= 15 is 0 Å². The monoisotopic (exact) mass is 329 g/mol. The van der Waals surface area contributed by atoms with E-state index < -0.39 is 0 Å². The van der Waals surface area contributed by atoms with Crippen LogP contribution in [0.3, 0.4) is 0 Å². The van der Waals surface area contributed by atoms with Crippen molar-refractivity contribution in [3.05, 3.63) is 20.3 Å². The Morgan fingerprint density at radius 2 is 2.06 bits per heavy atom. The van der Waals surface area contributed by atoms with Gasteiger partial charge >= 0.3 is 0 Å². The lowest BCUT2D eigenvalue weighted by atomic mass is 10.1. The van der Waals surface area contributed by atoms with Gasteiger partial charge < -0.3 is 5.32 Å². The van der Waals surface area contributed by atoms with Crippen molar-refractivity contribution in [1.29, 1.82) is 0 Å². The molecule has 3 nitrogen and oxygen atoms in total. The summed E-state index contributed by atoms with van der Waals surface area (Å²) in [6, 6.07) is 3.09. The third kappa shape index (κ3) is 2.80. The number of rotatable bonds is 3. The van der Waals surface area contributed by atoms with Gasteiger partial charge in [-0.25, -0.2) is 0 Å². The third-order valence-corrected chi connectivity index (χ3v) is 6.09. The van der Waals surface area contributed by atoms with Gasteiger partial charge in [0.2, 0.25) is 0 Å². The average Bonchev–Trinajstić information content (AvgIpc) is 2.58. The first-order valence-electron chi connectivity index (χ1n) is 6.64. The lowest BCUT2D eigenvalue weighted by Gasteiger charge is -2.43. The lowest BCUT2D eigenvalue weighted by molar-refractivity contribution is 0.0700. The van der Waals surface area contributed by atoms with Gasteiger partial charge in [-0.1, -0.05) is 0 Å². The molecule has 3 rings (SSSR count). The van der Waals surface area contributed by atoms with Crippen LogP contribution in [0.15, 0.2) is 10.5 Å². The second-order valence-corrected chi connectivity index (χ2v) is 7.44. The number of hydrogen-bond donors (Lipinski definition) is 1. The largest absolute Gasteiger partial charge is 0.314 e. The van der Waals surface area contributed by atoms with Crippen LogP contribution in [0, 0.1) is 6.92 Å². The SMILES string of the molecule is Cc1sc(CN2CCN(C3CNC3)CC2)cc1Br. The summed E-state index contributed by atoms with van der Waals surface area (Å²) in [5, 5.41) is 3.36. The van der Waals surface area contributed by atoms with E-state index in [1.165, 1.54) is 53.5 Å². The Kier molecular flexibility index (Phi) is 4.06. The van der Waals surface area contributed by atoms with E-state index in [2.05, 4.69) is 44.0 Å². The molecule has 0 amide bonds. The molecular weight excluding hydrogens is 310 g/mol. The standard InChI is InChI=1S/C13H20BrN3S/c1-10-13(14)6-12(18-10)9-16-2-4-17(5-3-16)11-7-15-8-11/h6,11,15H,2-5,7-9H2,1H3. The van der Waals surface area contributed by atoms with Gasteiger partial charge in [-0.15, -0.1) is 11.3 Å². The van der Waals surface area contributed by atoms with Gasteiger partial charge in [0.15, 0.2) is 0 Å². The molecule has 0 radical (unpaired) electrons. The lowest BCUT2D eigenvalue weighted by Crippen LogP contribution is -2.61. The van der Waals surface area contributed by atoms with E-state index in [9.17, 15) is 0 Å². The fourth-order valence-electron chi connectivity index (χ4n) is 2.63. The van der Waals surface area contributed by atoms with Gasteiger partial charge in [0.25, 0.3) is 0 Å². The van der Waals surface area contributed by atoms with Gasteiger partial charge in [-0.3, -0.25) is 9.80 Å². The molecule has 0 aliphatic carbocycles. The van der Waals surface area contributed by atoms with Crippen LogP contribution in [0.5, 0.6) is 0 Å². The second-order valence-electron chi connectivity index (χ2n) is 5.24. The minimum absolute atomic E-state index is 0.810. The van der Waals surface area contributed by atoms with E-state index in [1.807, 2.05) is 11.3 Å². The van der Waals surface area contributed by atoms with Crippen molar-refractivity contribution in [3.8, 4) is 0 Å². The Labute approximate surface area is 121 Å². The summed E-state index contributed by atoms with van der Waals surface area (Å²) in [4.78, 5) is 8.10. The quantitative estimate of drug-likeness (QED) is 0.913. The number of halogens is 1. The van der Waals surface area contributed by atoms with E-state index in [4.69, 9.17) is 0 Å². The maximum atomic E-state index is 3.60. The van der Waals surface area contributed by atoms with Crippen molar-refractivity contribution in [2.24, 2.45) is 0 Å². The molecule has 2 saturated heterocycles. The number of thiophene rings is 1. The molecule has 0 saturated carbocycles. The summed E-state index contributed by atoms with van der Waals surface area (Å²) in [6.07, 6.45) is 0. The van der Waals surface area contributed by atoms with E-state index in [-0.39, 0.29) is 0 Å². The highest BCUT2D eigenvalue weighted by atomic mass is 79.9. The number of hydrogen-bond acceptors (Lipinski definition) is 4. The Balaban J connectivity index is 1.50. The third-order valence-electron chi connectivity index (χ3n) is 3.97. The molecule has 1 aromatic heterocycles. The highest BCUT2D eigenvalue weighted by Gasteiger charge is 2.27. The van der Waals surface area contributed by atoms with Crippen LogP contribution >= 0.6 is 27.3 Å². The molecule has 3 heterocycles. The Hall–Kier alpha value is 0.0600. The molecule has 18 heavy (non-hydrogen) atoms. The molecule has 1 aromatic rings. The second kappa shape index (κ2) is 5.59. The van der Waals surface area contributed by atoms with Crippen molar-refractivity contribution < 1.29 is 0 Å². The Morgan fingerprint density at radius 1 is 1.33 bits per heavy atom. The summed E-state index contributed by atoms with van der Waals surface area (Å²) in [5.74, 6) is 0. The minimum atomic E-state index is 0.810. The number of nitrogens with one attached hydrogen (secondary N) is 1. The average molecular weight is 330 g/mol. The molecular formula is C13H20BrN3S. The van der Waals surface area contributed by atoms with Crippen LogP contribution in [0.4, 0.5) is 0 Å². The van der Waals surface area contributed by atoms with E-state index in [0.29, 0.717) is 0 Å². The molecule has 100 valence electrons. The Morgan fingerprint density at radius 3 is 2.56 bits per heavy atom. The Bertz CT molecular complexity index is 389. The van der Waals surface area contributed by atoms with Gasteiger partial charge in [0.1, 0.15) is 0 Å². The number of piperazine rings is 1. The van der Waals surface area contributed by atoms with Crippen molar-refractivity contribution in [1.82, 2.24) is 15.1 Å². The summed E-state index contributed by atoms with van der Waals surface area (Å²) < 4.78 is 1.27. The van der Waals surface area contributed by atoms with Crippen molar-refractivity contribution in [2.75, 3.05) is 39.3 Å². The highest BCUT2D eigenvalue weighted by molar-refractivity contribution is 9.10. The first-order chi connectivity index (χ1) is 8.72. The maximum absolute atomic E-state index is 3.60. The highest BCUT2D eigenvalue weighted by Crippen LogP contribution is 2.27. The van der Waals surface area contributed by atoms with E-state index in [1.54, 1.807) is 0 Å². The number of nitrogens with zero attached hydrogens (tertiary/aromatic N) is 2. The smallest absolute Gasteiger partial charge is 0.0346 e. The first kappa shape index (κ1) is 13.1. The topological polar surface area (TPSA) is 18.5 Å². The molecule has 0 aromatic carbocycles. The molecule has 0 bridgehead atoms. The molecule has 0 spiro atoms. The fourth-order valence-corrected chi connectivity index (χ4v) is 4.28. The van der Waals surface area contributed by atoms with Crippen molar-refractivity contribution >= 4 is 27.3 Å². The molecule has 0 atom stereocenters. The maximum Gasteiger partial charge on any atom is 0.0346 e. The number of aryl methyl sites for hydroxylation is 1. The molecule has 5 heteroatoms. The van der Waals surface area contributed by atoms with Crippen LogP contribution in [0.1, 0.15) is 9.75 Å². The molecule has 2 aliphatic rings. The van der Waals surface area contributed by atoms with Crippen LogP contribution in [0.25, 0.3) is 0 Å². The normalized spacial score (nSPS) is 23.2. The fraction of sp³-hybridized carbons (Fsp3) is 0.692. The van der Waals surface area contributed by atoms with E-state index in [0.717, 1.165) is 12.6 Å². The van der Waals surface area contributed by atoms with Crippen molar-refractivity contribution in [3.63, 3.8) is 0 Å². The van der Waals surface area contributed by atoms with Crippen LogP contribution in [-0.2, 0) is 6.54 Å². The molecule has 0 unspecified atom stereocenters. The zero-order valence-corrected chi connectivity index (χ0v) is 13.2. The molecule has 2 fully saturated rings. The summed E-state index contributed by atoms with van der Waals surface area (Å²) in [7, 11) is 0. The summed E-state index contributed by atoms with van der Waals surface area (Å²) in [5.41, 5.74) is 0. The van der Waals surface area contributed by atoms with Crippen LogP contribution in [-0.4, -0.2) is 55.1 Å². The van der Waals surface area contributed by atoms with Gasteiger partial charge in [-0.2, -0.15) is 0 Å². The minimum Gasteiger partial charge on any atom is -0.314 e. The van der Waals surface area contributed by atoms with Gasteiger partial charge in [0, 0.05) is 66.1 Å². The first-order valence-corrected chi connectivity index (χ1v) is 8.25. The summed E-state index contributed by atoms with van der Waals surface area (Å²) in [6.45, 7) is 10.6. The van der Waals surface area contributed by atoms with Crippen LogP contribution in [0.2, 0.25) is 0 Å². The van der Waals surface area contributed by atoms with Crippen molar-refractivity contribution in [2.45, 2.75) is 19.5 Å². The zero-order valence-electron chi connectivity index (χ0n) is 10.8. The predicted octanol–water partition coefficient (Wildman–Crippen LogP) is 1.91. The van der Waals surface area contributed by atoms with Gasteiger partial charge in [-0.05, 0) is 28.9 Å². The molecule has 2 aliphatic heterocycles.